The highest BCUT2D eigenvalue weighted by molar-refractivity contribution is 9.10. The van der Waals surface area contributed by atoms with Crippen LogP contribution in [0.15, 0.2) is 22.8 Å². The fourth-order valence-electron chi connectivity index (χ4n) is 1.40. The molecule has 1 amide bonds. The van der Waals surface area contributed by atoms with Crippen molar-refractivity contribution in [3.05, 3.63) is 22.8 Å². The molecule has 22 heavy (non-hydrogen) atoms. The maximum atomic E-state index is 11.9. The molecule has 0 bridgehead atoms. The first-order valence-electron chi connectivity index (χ1n) is 6.40. The van der Waals surface area contributed by atoms with Crippen LogP contribution in [-0.4, -0.2) is 29.6 Å². The van der Waals surface area contributed by atoms with Gasteiger partial charge in [0.1, 0.15) is 5.82 Å². The Morgan fingerprint density at radius 1 is 1.27 bits per heavy atom. The molecule has 1 aromatic heterocycles. The SMILES string of the molecule is O=C(CCC(=O)OCCCC(F)(F)F)Nc1ccc(Br)cn1. The summed E-state index contributed by atoms with van der Waals surface area (Å²) in [5.41, 5.74) is 0. The number of carbonyl (C=O) groups excluding carboxylic acids is 2. The summed E-state index contributed by atoms with van der Waals surface area (Å²) in [5, 5.41) is 2.48. The number of nitrogens with zero attached hydrogens (tertiary/aromatic N) is 1. The van der Waals surface area contributed by atoms with Gasteiger partial charge in [0.05, 0.1) is 13.0 Å². The summed E-state index contributed by atoms with van der Waals surface area (Å²) in [4.78, 5) is 26.7. The lowest BCUT2D eigenvalue weighted by atomic mass is 10.3. The van der Waals surface area contributed by atoms with Gasteiger partial charge in [-0.05, 0) is 34.5 Å². The monoisotopic (exact) mass is 382 g/mol. The lowest BCUT2D eigenvalue weighted by Crippen LogP contribution is -2.16. The number of rotatable bonds is 7. The molecule has 0 saturated carbocycles. The number of carbonyl (C=O) groups is 2. The average Bonchev–Trinajstić information content (AvgIpc) is 2.43. The predicted molar refractivity (Wildman–Crippen MR) is 76.0 cm³/mol. The molecule has 9 heteroatoms. The van der Waals surface area contributed by atoms with Gasteiger partial charge in [0.15, 0.2) is 0 Å². The molecule has 0 atom stereocenters. The normalized spacial score (nSPS) is 11.1. The van der Waals surface area contributed by atoms with Crippen molar-refractivity contribution >= 4 is 33.6 Å². The first kappa shape index (κ1) is 18.4. The van der Waals surface area contributed by atoms with Crippen LogP contribution >= 0.6 is 15.9 Å². The summed E-state index contributed by atoms with van der Waals surface area (Å²) in [7, 11) is 0. The van der Waals surface area contributed by atoms with Gasteiger partial charge < -0.3 is 10.1 Å². The second-order valence-electron chi connectivity index (χ2n) is 4.35. The van der Waals surface area contributed by atoms with Gasteiger partial charge in [-0.25, -0.2) is 4.98 Å². The summed E-state index contributed by atoms with van der Waals surface area (Å²) in [6, 6.07) is 3.27. The van der Waals surface area contributed by atoms with E-state index in [4.69, 9.17) is 0 Å². The van der Waals surface area contributed by atoms with E-state index in [0.29, 0.717) is 5.82 Å². The fraction of sp³-hybridized carbons (Fsp3) is 0.462. The summed E-state index contributed by atoms with van der Waals surface area (Å²) in [6.07, 6.45) is -4.38. The van der Waals surface area contributed by atoms with Crippen LogP contribution in [0.1, 0.15) is 25.7 Å². The molecule has 1 N–H and O–H groups in total. The van der Waals surface area contributed by atoms with E-state index in [1.54, 1.807) is 12.1 Å². The van der Waals surface area contributed by atoms with E-state index in [2.05, 4.69) is 31.0 Å². The third-order valence-corrected chi connectivity index (χ3v) is 2.89. The highest BCUT2D eigenvalue weighted by atomic mass is 79.9. The zero-order valence-electron chi connectivity index (χ0n) is 11.5. The Labute approximate surface area is 133 Å². The molecule has 0 unspecified atom stereocenters. The molecule has 0 aliphatic heterocycles. The Morgan fingerprint density at radius 3 is 2.59 bits per heavy atom. The molecule has 0 saturated heterocycles. The molecule has 0 spiro atoms. The first-order valence-corrected chi connectivity index (χ1v) is 7.19. The second kappa shape index (κ2) is 8.72. The molecular formula is C13H14BrF3N2O3. The number of anilines is 1. The molecule has 1 heterocycles. The summed E-state index contributed by atoms with van der Waals surface area (Å²) in [6.45, 7) is -0.311. The minimum atomic E-state index is -4.26. The van der Waals surface area contributed by atoms with E-state index >= 15 is 0 Å². The molecular weight excluding hydrogens is 369 g/mol. The number of hydrogen-bond acceptors (Lipinski definition) is 4. The minimum absolute atomic E-state index is 0.129. The second-order valence-corrected chi connectivity index (χ2v) is 5.26. The van der Waals surface area contributed by atoms with Gasteiger partial charge in [0.2, 0.25) is 5.91 Å². The van der Waals surface area contributed by atoms with Crippen LogP contribution in [0.3, 0.4) is 0 Å². The smallest absolute Gasteiger partial charge is 0.389 e. The van der Waals surface area contributed by atoms with E-state index in [1.165, 1.54) is 6.20 Å². The molecule has 0 aromatic carbocycles. The van der Waals surface area contributed by atoms with Crippen molar-refractivity contribution < 1.29 is 27.5 Å². The molecule has 0 aliphatic carbocycles. The zero-order valence-corrected chi connectivity index (χ0v) is 13.0. The highest BCUT2D eigenvalue weighted by Gasteiger charge is 2.26. The minimum Gasteiger partial charge on any atom is -0.466 e. The highest BCUT2D eigenvalue weighted by Crippen LogP contribution is 2.21. The van der Waals surface area contributed by atoms with Crippen molar-refractivity contribution in [1.82, 2.24) is 4.98 Å². The molecule has 0 radical (unpaired) electrons. The molecule has 5 nitrogen and oxygen atoms in total. The van der Waals surface area contributed by atoms with Crippen molar-refractivity contribution in [3.63, 3.8) is 0 Å². The number of amides is 1. The maximum Gasteiger partial charge on any atom is 0.389 e. The lowest BCUT2D eigenvalue weighted by molar-refractivity contribution is -0.150. The van der Waals surface area contributed by atoms with Gasteiger partial charge in [0.25, 0.3) is 0 Å². The summed E-state index contributed by atoms with van der Waals surface area (Å²) < 4.78 is 41.0. The quantitative estimate of drug-likeness (QED) is 0.579. The number of pyridine rings is 1. The van der Waals surface area contributed by atoms with Crippen molar-refractivity contribution in [3.8, 4) is 0 Å². The molecule has 1 rings (SSSR count). The van der Waals surface area contributed by atoms with Crippen molar-refractivity contribution in [2.24, 2.45) is 0 Å². The third-order valence-electron chi connectivity index (χ3n) is 2.42. The third kappa shape index (κ3) is 8.60. The molecule has 122 valence electrons. The van der Waals surface area contributed by atoms with Crippen LogP contribution in [0.5, 0.6) is 0 Å². The number of ether oxygens (including phenoxy) is 1. The Morgan fingerprint density at radius 2 is 2.00 bits per heavy atom. The Kier molecular flexibility index (Phi) is 7.30. The van der Waals surface area contributed by atoms with E-state index < -0.39 is 24.5 Å². The number of nitrogens with one attached hydrogen (secondary N) is 1. The van der Waals surface area contributed by atoms with Gasteiger partial charge in [-0.3, -0.25) is 9.59 Å². The van der Waals surface area contributed by atoms with E-state index in [9.17, 15) is 22.8 Å². The lowest BCUT2D eigenvalue weighted by Gasteiger charge is -2.07. The van der Waals surface area contributed by atoms with Gasteiger partial charge in [-0.15, -0.1) is 0 Å². The summed E-state index contributed by atoms with van der Waals surface area (Å²) >= 11 is 3.20. The van der Waals surface area contributed by atoms with Gasteiger partial charge >= 0.3 is 12.1 Å². The van der Waals surface area contributed by atoms with Crippen LogP contribution in [0.2, 0.25) is 0 Å². The van der Waals surface area contributed by atoms with Crippen LogP contribution < -0.4 is 5.32 Å². The van der Waals surface area contributed by atoms with Gasteiger partial charge in [-0.1, -0.05) is 0 Å². The largest absolute Gasteiger partial charge is 0.466 e. The number of aromatic nitrogens is 1. The molecule has 0 fully saturated rings. The van der Waals surface area contributed by atoms with Gasteiger partial charge in [0, 0.05) is 23.5 Å². The maximum absolute atomic E-state index is 11.9. The number of alkyl halides is 3. The average molecular weight is 383 g/mol. The van der Waals surface area contributed by atoms with E-state index in [0.717, 1.165) is 4.47 Å². The predicted octanol–water partition coefficient (Wildman–Crippen LogP) is 3.45. The van der Waals surface area contributed by atoms with Gasteiger partial charge in [-0.2, -0.15) is 13.2 Å². The first-order chi connectivity index (χ1) is 10.3. The Hall–Kier alpha value is -1.64. The van der Waals surface area contributed by atoms with Crippen molar-refractivity contribution in [2.75, 3.05) is 11.9 Å². The van der Waals surface area contributed by atoms with Crippen LogP contribution in [0.4, 0.5) is 19.0 Å². The van der Waals surface area contributed by atoms with Crippen molar-refractivity contribution in [1.29, 1.82) is 0 Å². The Bertz CT molecular complexity index is 506. The van der Waals surface area contributed by atoms with Crippen LogP contribution in [0, 0.1) is 0 Å². The molecule has 0 aliphatic rings. The van der Waals surface area contributed by atoms with Crippen molar-refractivity contribution in [2.45, 2.75) is 31.9 Å². The van der Waals surface area contributed by atoms with E-state index in [1.807, 2.05) is 0 Å². The standard InChI is InChI=1S/C13H14BrF3N2O3/c14-9-2-3-10(18-8-9)19-11(20)4-5-12(21)22-7-1-6-13(15,16)17/h2-3,8H,1,4-7H2,(H,18,19,20). The van der Waals surface area contributed by atoms with E-state index in [-0.39, 0.29) is 25.9 Å². The van der Waals surface area contributed by atoms with Crippen LogP contribution in [-0.2, 0) is 14.3 Å². The number of hydrogen-bond donors (Lipinski definition) is 1. The zero-order chi connectivity index (χ0) is 16.6. The Balaban J connectivity index is 2.18. The number of halogens is 4. The number of esters is 1. The topological polar surface area (TPSA) is 68.3 Å². The molecule has 1 aromatic rings. The fourth-order valence-corrected chi connectivity index (χ4v) is 1.64. The summed E-state index contributed by atoms with van der Waals surface area (Å²) in [5.74, 6) is -0.796. The van der Waals surface area contributed by atoms with Crippen LogP contribution in [0.25, 0.3) is 0 Å².